The van der Waals surface area contributed by atoms with Gasteiger partial charge in [0.2, 0.25) is 0 Å². The molecule has 3 aliphatic rings. The summed E-state index contributed by atoms with van der Waals surface area (Å²) in [7, 11) is 0. The van der Waals surface area contributed by atoms with Crippen molar-refractivity contribution in [3.05, 3.63) is 108 Å². The van der Waals surface area contributed by atoms with E-state index in [9.17, 15) is 14.9 Å². The summed E-state index contributed by atoms with van der Waals surface area (Å²) >= 11 is 7.02. The van der Waals surface area contributed by atoms with Gasteiger partial charge in [0.1, 0.15) is 5.69 Å². The van der Waals surface area contributed by atoms with Crippen LogP contribution in [0.3, 0.4) is 0 Å². The Bertz CT molecular complexity index is 1530. The molecule has 210 valence electrons. The number of benzene rings is 3. The van der Waals surface area contributed by atoms with E-state index in [-0.39, 0.29) is 29.1 Å². The number of nitro groups is 1. The highest BCUT2D eigenvalue weighted by atomic mass is 79.9. The van der Waals surface area contributed by atoms with E-state index in [1.165, 1.54) is 6.07 Å². The maximum atomic E-state index is 14.1. The second-order valence-electron chi connectivity index (χ2n) is 10.4. The van der Waals surface area contributed by atoms with Crippen LogP contribution in [0, 0.1) is 16.0 Å². The van der Waals surface area contributed by atoms with Crippen LogP contribution in [0.2, 0.25) is 0 Å². The molecule has 2 fully saturated rings. The molecule has 0 bridgehead atoms. The van der Waals surface area contributed by atoms with Crippen LogP contribution < -0.4 is 4.90 Å². The maximum absolute atomic E-state index is 14.1. The highest BCUT2D eigenvalue weighted by molar-refractivity contribution is 9.10. The summed E-state index contributed by atoms with van der Waals surface area (Å²) in [5, 5.41) is 18.6. The van der Waals surface area contributed by atoms with E-state index in [4.69, 9.17) is 9.84 Å². The number of hydrogen-bond acceptors (Lipinski definition) is 6. The number of nitro benzene ring substituents is 1. The number of ether oxygens (including phenoxy) is 1. The Labute approximate surface area is 255 Å². The SMILES string of the molecule is O=C(c1ccc(N2CCOCC2)c([N+](=O)[O-])c1)N1N=C2/C(=C\c3ccc(Br)cc3)CCCC2C1c1ccc(Br)cc1. The summed E-state index contributed by atoms with van der Waals surface area (Å²) in [6, 6.07) is 20.6. The third-order valence-electron chi connectivity index (χ3n) is 7.90. The van der Waals surface area contributed by atoms with E-state index >= 15 is 0 Å². The average Bonchev–Trinajstić information content (AvgIpc) is 3.39. The van der Waals surface area contributed by atoms with Crippen LogP contribution in [0.4, 0.5) is 11.4 Å². The zero-order valence-corrected chi connectivity index (χ0v) is 25.4. The first-order chi connectivity index (χ1) is 19.9. The monoisotopic (exact) mass is 678 g/mol. The molecule has 2 heterocycles. The Balaban J connectivity index is 1.40. The predicted octanol–water partition coefficient (Wildman–Crippen LogP) is 7.39. The highest BCUT2D eigenvalue weighted by Crippen LogP contribution is 2.45. The Morgan fingerprint density at radius 2 is 1.68 bits per heavy atom. The summed E-state index contributed by atoms with van der Waals surface area (Å²) < 4.78 is 7.38. The number of carbonyl (C=O) groups excluding carboxylic acids is 1. The van der Waals surface area contributed by atoms with Gasteiger partial charge < -0.3 is 9.64 Å². The molecule has 1 saturated carbocycles. The van der Waals surface area contributed by atoms with Crippen molar-refractivity contribution in [1.29, 1.82) is 0 Å². The van der Waals surface area contributed by atoms with Crippen molar-refractivity contribution in [1.82, 2.24) is 5.01 Å². The summed E-state index contributed by atoms with van der Waals surface area (Å²) in [4.78, 5) is 27.8. The molecule has 1 amide bonds. The van der Waals surface area contributed by atoms with Crippen molar-refractivity contribution in [2.75, 3.05) is 31.2 Å². The molecular weight excluding hydrogens is 652 g/mol. The number of hydrazone groups is 1. The van der Waals surface area contributed by atoms with E-state index in [0.29, 0.717) is 32.0 Å². The lowest BCUT2D eigenvalue weighted by molar-refractivity contribution is -0.384. The van der Waals surface area contributed by atoms with E-state index in [2.05, 4.69) is 50.1 Å². The summed E-state index contributed by atoms with van der Waals surface area (Å²) in [6.45, 7) is 2.15. The molecule has 1 saturated heterocycles. The molecule has 0 aromatic heterocycles. The first-order valence-electron chi connectivity index (χ1n) is 13.6. The standard InChI is InChI=1S/C31H28Br2N4O4/c32-24-9-4-20(5-10-24)18-22-2-1-3-26-29(22)34-36(30(26)21-6-11-25(33)12-7-21)31(38)23-8-13-27(28(19-23)37(39)40)35-14-16-41-17-15-35/h4-13,18-19,26,30H,1-3,14-17H2/b22-18-. The molecule has 3 aromatic rings. The molecule has 41 heavy (non-hydrogen) atoms. The van der Waals surface area contributed by atoms with Crippen LogP contribution in [-0.4, -0.2) is 47.9 Å². The summed E-state index contributed by atoms with van der Waals surface area (Å²) in [6.07, 6.45) is 4.92. The minimum atomic E-state index is -0.414. The van der Waals surface area contributed by atoms with Crippen LogP contribution in [0.15, 0.2) is 86.3 Å². The molecule has 0 spiro atoms. The lowest BCUT2D eigenvalue weighted by Gasteiger charge is -2.30. The number of carbonyl (C=O) groups is 1. The van der Waals surface area contributed by atoms with E-state index in [1.54, 1.807) is 17.1 Å². The smallest absolute Gasteiger partial charge is 0.293 e. The fraction of sp³-hybridized carbons (Fsp3) is 0.290. The van der Waals surface area contributed by atoms with Gasteiger partial charge in [-0.2, -0.15) is 5.10 Å². The largest absolute Gasteiger partial charge is 0.378 e. The molecule has 2 unspecified atom stereocenters. The molecular formula is C31H28Br2N4O4. The van der Waals surface area contributed by atoms with Crippen molar-refractivity contribution in [2.45, 2.75) is 25.3 Å². The van der Waals surface area contributed by atoms with Crippen molar-refractivity contribution < 1.29 is 14.5 Å². The summed E-state index contributed by atoms with van der Waals surface area (Å²) in [5.74, 6) is -0.322. The minimum absolute atomic E-state index is 0.0261. The normalized spacial score (nSPS) is 21.5. The lowest BCUT2D eigenvalue weighted by atomic mass is 9.77. The van der Waals surface area contributed by atoms with Gasteiger partial charge in [0, 0.05) is 39.6 Å². The van der Waals surface area contributed by atoms with E-state index in [0.717, 1.165) is 50.6 Å². The zero-order valence-electron chi connectivity index (χ0n) is 22.2. The number of anilines is 1. The quantitative estimate of drug-likeness (QED) is 0.207. The van der Waals surface area contributed by atoms with Crippen molar-refractivity contribution in [3.63, 3.8) is 0 Å². The number of nitrogens with zero attached hydrogens (tertiary/aromatic N) is 4. The van der Waals surface area contributed by atoms with Gasteiger partial charge in [-0.05, 0) is 78.4 Å². The first kappa shape index (κ1) is 27.8. The number of morpholine rings is 1. The molecule has 3 aromatic carbocycles. The minimum Gasteiger partial charge on any atom is -0.378 e. The predicted molar refractivity (Wildman–Crippen MR) is 166 cm³/mol. The molecule has 8 nitrogen and oxygen atoms in total. The number of rotatable bonds is 5. The van der Waals surface area contributed by atoms with Crippen LogP contribution in [-0.2, 0) is 4.74 Å². The number of hydrogen-bond donors (Lipinski definition) is 0. The fourth-order valence-corrected chi connectivity index (χ4v) is 6.46. The van der Waals surface area contributed by atoms with Gasteiger partial charge in [-0.1, -0.05) is 56.1 Å². The van der Waals surface area contributed by atoms with Crippen molar-refractivity contribution in [3.8, 4) is 0 Å². The maximum Gasteiger partial charge on any atom is 0.293 e. The zero-order chi connectivity index (χ0) is 28.5. The summed E-state index contributed by atoms with van der Waals surface area (Å²) in [5.41, 5.74) is 4.76. The van der Waals surface area contributed by atoms with Crippen LogP contribution >= 0.6 is 31.9 Å². The van der Waals surface area contributed by atoms with Crippen molar-refractivity contribution in [2.24, 2.45) is 11.0 Å². The van der Waals surface area contributed by atoms with E-state index in [1.807, 2.05) is 41.3 Å². The van der Waals surface area contributed by atoms with Crippen LogP contribution in [0.5, 0.6) is 0 Å². The molecule has 2 aliphatic heterocycles. The third kappa shape index (κ3) is 5.73. The number of allylic oxidation sites excluding steroid dienone is 1. The second-order valence-corrected chi connectivity index (χ2v) is 12.2. The van der Waals surface area contributed by atoms with Crippen LogP contribution in [0.25, 0.3) is 6.08 Å². The van der Waals surface area contributed by atoms with Gasteiger partial charge in [-0.15, -0.1) is 0 Å². The molecule has 0 radical (unpaired) electrons. The fourth-order valence-electron chi connectivity index (χ4n) is 5.93. The third-order valence-corrected chi connectivity index (χ3v) is 8.96. The lowest BCUT2D eigenvalue weighted by Crippen LogP contribution is -2.36. The van der Waals surface area contributed by atoms with Crippen molar-refractivity contribution >= 4 is 60.9 Å². The van der Waals surface area contributed by atoms with Gasteiger partial charge in [0.25, 0.3) is 11.6 Å². The van der Waals surface area contributed by atoms with Gasteiger partial charge in [-0.25, -0.2) is 5.01 Å². The molecule has 0 N–H and O–H groups in total. The first-order valence-corrected chi connectivity index (χ1v) is 15.2. The second kappa shape index (κ2) is 11.9. The van der Waals surface area contributed by atoms with Gasteiger partial charge in [0.15, 0.2) is 0 Å². The topological polar surface area (TPSA) is 88.3 Å². The van der Waals surface area contributed by atoms with Crippen LogP contribution in [0.1, 0.15) is 46.8 Å². The number of halogens is 2. The van der Waals surface area contributed by atoms with E-state index < -0.39 is 4.92 Å². The van der Waals surface area contributed by atoms with Gasteiger partial charge in [-0.3, -0.25) is 14.9 Å². The van der Waals surface area contributed by atoms with Gasteiger partial charge in [0.05, 0.1) is 29.9 Å². The number of amides is 1. The average molecular weight is 680 g/mol. The molecule has 1 aliphatic carbocycles. The number of fused-ring (bicyclic) bond motifs is 1. The van der Waals surface area contributed by atoms with Gasteiger partial charge >= 0.3 is 0 Å². The molecule has 6 rings (SSSR count). The highest BCUT2D eigenvalue weighted by Gasteiger charge is 2.44. The molecule has 10 heteroatoms. The Morgan fingerprint density at radius 1 is 1.00 bits per heavy atom. The Hall–Kier alpha value is -3.34. The Kier molecular flexibility index (Phi) is 8.05. The molecule has 2 atom stereocenters. The Morgan fingerprint density at radius 3 is 2.37 bits per heavy atom.